The van der Waals surface area contributed by atoms with Crippen molar-refractivity contribution in [3.05, 3.63) is 59.1 Å². The molecule has 2 aromatic carbocycles. The zero-order valence-corrected chi connectivity index (χ0v) is 14.9. The first kappa shape index (κ1) is 17.4. The normalized spacial score (nSPS) is 14.1. The van der Waals surface area contributed by atoms with Gasteiger partial charge in [0.1, 0.15) is 5.75 Å². The van der Waals surface area contributed by atoms with Crippen molar-refractivity contribution in [1.82, 2.24) is 0 Å². The number of benzene rings is 2. The highest BCUT2D eigenvalue weighted by Crippen LogP contribution is 2.31. The maximum Gasteiger partial charge on any atom is 0.248 e. The Kier molecular flexibility index (Phi) is 5.61. The van der Waals surface area contributed by atoms with Crippen molar-refractivity contribution in [3.63, 3.8) is 0 Å². The van der Waals surface area contributed by atoms with Gasteiger partial charge in [0.25, 0.3) is 0 Å². The SMILES string of the molecule is COc1cccc(/C=C/C(=O)Nc2cc(Cl)ccc2N2CCCC2)c1. The molecule has 1 amide bonds. The van der Waals surface area contributed by atoms with Gasteiger partial charge in [-0.25, -0.2) is 0 Å². The highest BCUT2D eigenvalue weighted by molar-refractivity contribution is 6.31. The lowest BCUT2D eigenvalue weighted by Gasteiger charge is -2.21. The number of nitrogens with zero attached hydrogens (tertiary/aromatic N) is 1. The lowest BCUT2D eigenvalue weighted by Crippen LogP contribution is -2.20. The van der Waals surface area contributed by atoms with Crippen LogP contribution in [-0.4, -0.2) is 26.1 Å². The van der Waals surface area contributed by atoms with E-state index in [0.29, 0.717) is 5.02 Å². The molecule has 25 heavy (non-hydrogen) atoms. The number of methoxy groups -OCH3 is 1. The van der Waals surface area contributed by atoms with Crippen molar-refractivity contribution < 1.29 is 9.53 Å². The van der Waals surface area contributed by atoms with Crippen LogP contribution in [0.4, 0.5) is 11.4 Å². The molecule has 0 atom stereocenters. The molecule has 3 rings (SSSR count). The summed E-state index contributed by atoms with van der Waals surface area (Å²) in [5, 5.41) is 3.55. The highest BCUT2D eigenvalue weighted by atomic mass is 35.5. The standard InChI is InChI=1S/C20H21ClN2O2/c1-25-17-6-4-5-15(13-17)7-10-20(24)22-18-14-16(21)8-9-19(18)23-11-2-3-12-23/h4-10,13-14H,2-3,11-12H2,1H3,(H,22,24)/b10-7+. The van der Waals surface area contributed by atoms with E-state index < -0.39 is 0 Å². The molecule has 0 spiro atoms. The Bertz CT molecular complexity index is 783. The van der Waals surface area contributed by atoms with Gasteiger partial charge in [0.05, 0.1) is 18.5 Å². The number of carbonyl (C=O) groups is 1. The number of hydrogen-bond acceptors (Lipinski definition) is 3. The Morgan fingerprint density at radius 1 is 1.20 bits per heavy atom. The van der Waals surface area contributed by atoms with E-state index in [2.05, 4.69) is 10.2 Å². The van der Waals surface area contributed by atoms with E-state index in [9.17, 15) is 4.79 Å². The van der Waals surface area contributed by atoms with Crippen molar-refractivity contribution >= 4 is 35.0 Å². The summed E-state index contributed by atoms with van der Waals surface area (Å²) in [6.45, 7) is 2.01. The number of ether oxygens (including phenoxy) is 1. The number of halogens is 1. The molecule has 0 aromatic heterocycles. The van der Waals surface area contributed by atoms with E-state index in [-0.39, 0.29) is 5.91 Å². The number of nitrogens with one attached hydrogen (secondary N) is 1. The fraction of sp³-hybridized carbons (Fsp3) is 0.250. The van der Waals surface area contributed by atoms with Crippen LogP contribution in [0.15, 0.2) is 48.5 Å². The average molecular weight is 357 g/mol. The summed E-state index contributed by atoms with van der Waals surface area (Å²) < 4.78 is 5.19. The Morgan fingerprint density at radius 2 is 2.00 bits per heavy atom. The minimum Gasteiger partial charge on any atom is -0.497 e. The van der Waals surface area contributed by atoms with Crippen LogP contribution in [0.25, 0.3) is 6.08 Å². The van der Waals surface area contributed by atoms with Gasteiger partial charge in [-0.2, -0.15) is 0 Å². The minimum absolute atomic E-state index is 0.189. The first-order valence-corrected chi connectivity index (χ1v) is 8.71. The van der Waals surface area contributed by atoms with Crippen molar-refractivity contribution in [1.29, 1.82) is 0 Å². The summed E-state index contributed by atoms with van der Waals surface area (Å²) in [4.78, 5) is 14.6. The third-order valence-electron chi connectivity index (χ3n) is 4.18. The maximum absolute atomic E-state index is 12.3. The molecular formula is C20H21ClN2O2. The van der Waals surface area contributed by atoms with Gasteiger partial charge in [0, 0.05) is 24.2 Å². The summed E-state index contributed by atoms with van der Waals surface area (Å²) in [7, 11) is 1.62. The van der Waals surface area contributed by atoms with E-state index in [0.717, 1.165) is 35.8 Å². The van der Waals surface area contributed by atoms with Crippen molar-refractivity contribution in [2.45, 2.75) is 12.8 Å². The van der Waals surface area contributed by atoms with E-state index in [1.807, 2.05) is 36.4 Å². The topological polar surface area (TPSA) is 41.6 Å². The lowest BCUT2D eigenvalue weighted by atomic mass is 10.2. The number of carbonyl (C=O) groups excluding carboxylic acids is 1. The number of rotatable bonds is 5. The molecule has 0 radical (unpaired) electrons. The first-order valence-electron chi connectivity index (χ1n) is 8.33. The second-order valence-electron chi connectivity index (χ2n) is 5.95. The van der Waals surface area contributed by atoms with Crippen LogP contribution in [0.3, 0.4) is 0 Å². The minimum atomic E-state index is -0.189. The van der Waals surface area contributed by atoms with E-state index in [1.165, 1.54) is 18.9 Å². The van der Waals surface area contributed by atoms with Gasteiger partial charge >= 0.3 is 0 Å². The van der Waals surface area contributed by atoms with E-state index in [4.69, 9.17) is 16.3 Å². The monoisotopic (exact) mass is 356 g/mol. The summed E-state index contributed by atoms with van der Waals surface area (Å²) in [5.74, 6) is 0.569. The largest absolute Gasteiger partial charge is 0.497 e. The molecule has 1 N–H and O–H groups in total. The van der Waals surface area contributed by atoms with Gasteiger partial charge in [-0.1, -0.05) is 23.7 Å². The van der Waals surface area contributed by atoms with Gasteiger partial charge in [0.2, 0.25) is 5.91 Å². The number of amides is 1. The van der Waals surface area contributed by atoms with Crippen LogP contribution in [-0.2, 0) is 4.79 Å². The molecule has 1 saturated heterocycles. The molecule has 1 aliphatic heterocycles. The molecule has 130 valence electrons. The summed E-state index contributed by atoms with van der Waals surface area (Å²) in [6, 6.07) is 13.2. The zero-order valence-electron chi connectivity index (χ0n) is 14.2. The second kappa shape index (κ2) is 8.08. The van der Waals surface area contributed by atoms with Gasteiger partial charge in [-0.05, 0) is 54.8 Å². The molecule has 2 aromatic rings. The van der Waals surface area contributed by atoms with Crippen LogP contribution in [0, 0.1) is 0 Å². The Labute approximate surface area is 153 Å². The molecule has 1 fully saturated rings. The molecule has 1 aliphatic rings. The van der Waals surface area contributed by atoms with E-state index >= 15 is 0 Å². The fourth-order valence-electron chi connectivity index (χ4n) is 2.93. The van der Waals surface area contributed by atoms with Crippen LogP contribution in [0.2, 0.25) is 5.02 Å². The van der Waals surface area contributed by atoms with Crippen molar-refractivity contribution in [2.24, 2.45) is 0 Å². The second-order valence-corrected chi connectivity index (χ2v) is 6.39. The van der Waals surface area contributed by atoms with Crippen LogP contribution in [0.1, 0.15) is 18.4 Å². The van der Waals surface area contributed by atoms with Gasteiger partial charge in [0.15, 0.2) is 0 Å². The number of hydrogen-bond donors (Lipinski definition) is 1. The Hall–Kier alpha value is -2.46. The predicted molar refractivity (Wildman–Crippen MR) is 104 cm³/mol. The fourth-order valence-corrected chi connectivity index (χ4v) is 3.11. The quantitative estimate of drug-likeness (QED) is 0.796. The number of anilines is 2. The van der Waals surface area contributed by atoms with Crippen molar-refractivity contribution in [2.75, 3.05) is 30.4 Å². The Morgan fingerprint density at radius 3 is 2.76 bits per heavy atom. The van der Waals surface area contributed by atoms with Crippen LogP contribution in [0.5, 0.6) is 5.75 Å². The molecule has 0 aliphatic carbocycles. The third-order valence-corrected chi connectivity index (χ3v) is 4.42. The van der Waals surface area contributed by atoms with Gasteiger partial charge < -0.3 is 15.0 Å². The molecule has 0 bridgehead atoms. The lowest BCUT2D eigenvalue weighted by molar-refractivity contribution is -0.111. The van der Waals surface area contributed by atoms with Gasteiger partial charge in [-0.15, -0.1) is 0 Å². The zero-order chi connectivity index (χ0) is 17.6. The van der Waals surface area contributed by atoms with Crippen molar-refractivity contribution in [3.8, 4) is 5.75 Å². The predicted octanol–water partition coefficient (Wildman–Crippen LogP) is 4.60. The van der Waals surface area contributed by atoms with Crippen LogP contribution < -0.4 is 15.0 Å². The van der Waals surface area contributed by atoms with E-state index in [1.54, 1.807) is 19.3 Å². The summed E-state index contributed by atoms with van der Waals surface area (Å²) in [6.07, 6.45) is 5.62. The average Bonchev–Trinajstić information content (AvgIpc) is 3.15. The molecule has 5 heteroatoms. The summed E-state index contributed by atoms with van der Waals surface area (Å²) in [5.41, 5.74) is 2.67. The summed E-state index contributed by atoms with van der Waals surface area (Å²) >= 11 is 6.11. The first-order chi connectivity index (χ1) is 12.2. The molecule has 1 heterocycles. The smallest absolute Gasteiger partial charge is 0.248 e. The van der Waals surface area contributed by atoms with Gasteiger partial charge in [-0.3, -0.25) is 4.79 Å². The highest BCUT2D eigenvalue weighted by Gasteiger charge is 2.16. The maximum atomic E-state index is 12.3. The Balaban J connectivity index is 1.74. The molecule has 0 saturated carbocycles. The molecule has 4 nitrogen and oxygen atoms in total. The molecule has 0 unspecified atom stereocenters. The van der Waals surface area contributed by atoms with Crippen LogP contribution >= 0.6 is 11.6 Å². The third kappa shape index (κ3) is 4.54. The molecular weight excluding hydrogens is 336 g/mol.